The van der Waals surface area contributed by atoms with E-state index in [0.29, 0.717) is 36.1 Å². The summed E-state index contributed by atoms with van der Waals surface area (Å²) in [6.07, 6.45) is -2.80. The monoisotopic (exact) mass is 371 g/mol. The van der Waals surface area contributed by atoms with Crippen molar-refractivity contribution in [2.45, 2.75) is 12.7 Å². The van der Waals surface area contributed by atoms with Crippen LogP contribution in [0.5, 0.6) is 0 Å². The predicted octanol–water partition coefficient (Wildman–Crippen LogP) is 3.55. The summed E-state index contributed by atoms with van der Waals surface area (Å²) in [7, 11) is 0. The van der Waals surface area contributed by atoms with Gasteiger partial charge in [-0.3, -0.25) is 0 Å². The molecular formula is C19H16F3N5. The molecule has 2 aliphatic rings. The topological polar surface area (TPSA) is 57.2 Å². The predicted molar refractivity (Wildman–Crippen MR) is 97.9 cm³/mol. The van der Waals surface area contributed by atoms with Gasteiger partial charge in [0.15, 0.2) is 5.84 Å². The van der Waals surface area contributed by atoms with Crippen LogP contribution in [-0.2, 0) is 12.7 Å². The molecule has 0 saturated carbocycles. The number of benzene rings is 2. The van der Waals surface area contributed by atoms with E-state index in [1.165, 1.54) is 12.1 Å². The second-order valence-electron chi connectivity index (χ2n) is 6.26. The third-order valence-electron chi connectivity index (χ3n) is 4.48. The Labute approximate surface area is 153 Å². The summed E-state index contributed by atoms with van der Waals surface area (Å²) in [6, 6.07) is 14.8. The first-order valence-corrected chi connectivity index (χ1v) is 8.28. The van der Waals surface area contributed by atoms with Crippen LogP contribution < -0.4 is 10.6 Å². The molecule has 0 aromatic heterocycles. The Kier molecular flexibility index (Phi) is 4.10. The largest absolute Gasteiger partial charge is 0.416 e. The molecule has 138 valence electrons. The van der Waals surface area contributed by atoms with Gasteiger partial charge in [0.25, 0.3) is 0 Å². The molecule has 8 heteroatoms. The Morgan fingerprint density at radius 2 is 1.70 bits per heavy atom. The molecule has 27 heavy (non-hydrogen) atoms. The van der Waals surface area contributed by atoms with E-state index in [-0.39, 0.29) is 0 Å². The first-order chi connectivity index (χ1) is 12.9. The van der Waals surface area contributed by atoms with Gasteiger partial charge >= 0.3 is 6.18 Å². The Morgan fingerprint density at radius 3 is 2.37 bits per heavy atom. The highest BCUT2D eigenvalue weighted by molar-refractivity contribution is 6.19. The summed E-state index contributed by atoms with van der Waals surface area (Å²) in [5, 5.41) is 8.11. The first-order valence-electron chi connectivity index (χ1n) is 8.28. The van der Waals surface area contributed by atoms with Gasteiger partial charge in [-0.15, -0.1) is 5.10 Å². The summed E-state index contributed by atoms with van der Waals surface area (Å²) < 4.78 is 38.5. The van der Waals surface area contributed by atoms with Gasteiger partial charge in [0, 0.05) is 12.2 Å². The van der Waals surface area contributed by atoms with Gasteiger partial charge in [-0.05, 0) is 29.8 Å². The number of anilines is 1. The quantitative estimate of drug-likeness (QED) is 0.898. The van der Waals surface area contributed by atoms with Crippen LogP contribution in [0.3, 0.4) is 0 Å². The van der Waals surface area contributed by atoms with Gasteiger partial charge in [-0.25, -0.2) is 0 Å². The van der Waals surface area contributed by atoms with E-state index in [4.69, 9.17) is 5.73 Å². The van der Waals surface area contributed by atoms with Crippen LogP contribution in [0.2, 0.25) is 0 Å². The molecule has 2 heterocycles. The lowest BCUT2D eigenvalue weighted by Crippen LogP contribution is -2.48. The summed E-state index contributed by atoms with van der Waals surface area (Å²) in [5.74, 6) is 1.08. The first kappa shape index (κ1) is 17.1. The zero-order valence-corrected chi connectivity index (χ0v) is 14.2. The fraction of sp³-hybridized carbons (Fsp3) is 0.158. The molecule has 0 unspecified atom stereocenters. The van der Waals surface area contributed by atoms with Gasteiger partial charge in [0.1, 0.15) is 5.82 Å². The number of halogens is 3. The minimum atomic E-state index is -4.37. The zero-order chi connectivity index (χ0) is 19.0. The van der Waals surface area contributed by atoms with Gasteiger partial charge < -0.3 is 15.5 Å². The number of rotatable bonds is 3. The van der Waals surface area contributed by atoms with Crippen molar-refractivity contribution in [2.75, 3.05) is 11.6 Å². The highest BCUT2D eigenvalue weighted by Gasteiger charge is 2.33. The number of nitrogens with two attached hydrogens (primary N) is 1. The number of hydrogen-bond acceptors (Lipinski definition) is 5. The van der Waals surface area contributed by atoms with Gasteiger partial charge in [0.05, 0.1) is 24.0 Å². The fourth-order valence-corrected chi connectivity index (χ4v) is 3.11. The average molecular weight is 371 g/mol. The van der Waals surface area contributed by atoms with Crippen molar-refractivity contribution in [3.8, 4) is 0 Å². The molecular weight excluding hydrogens is 355 g/mol. The molecule has 0 bridgehead atoms. The zero-order valence-electron chi connectivity index (χ0n) is 14.2. The van der Waals surface area contributed by atoms with Crippen LogP contribution in [0.25, 0.3) is 0 Å². The van der Waals surface area contributed by atoms with Crippen molar-refractivity contribution in [3.63, 3.8) is 0 Å². The molecule has 2 aromatic carbocycles. The molecule has 2 aliphatic heterocycles. The third-order valence-corrected chi connectivity index (χ3v) is 4.48. The number of hydrogen-bond donors (Lipinski definition) is 1. The minimum Gasteiger partial charge on any atom is -0.384 e. The number of fused-ring (bicyclic) bond motifs is 1. The van der Waals surface area contributed by atoms with Crippen LogP contribution in [-0.4, -0.2) is 23.6 Å². The Bertz CT molecular complexity index is 930. The molecule has 0 aliphatic carbocycles. The molecule has 0 amide bonds. The van der Waals surface area contributed by atoms with Crippen LogP contribution in [0.4, 0.5) is 18.9 Å². The van der Waals surface area contributed by atoms with Crippen molar-refractivity contribution < 1.29 is 13.2 Å². The van der Waals surface area contributed by atoms with Crippen molar-refractivity contribution in [3.05, 3.63) is 77.1 Å². The van der Waals surface area contributed by atoms with Crippen molar-refractivity contribution >= 4 is 17.7 Å². The highest BCUT2D eigenvalue weighted by atomic mass is 19.4. The maximum Gasteiger partial charge on any atom is 0.416 e. The Hall–Kier alpha value is -3.29. The second kappa shape index (κ2) is 6.46. The van der Waals surface area contributed by atoms with Crippen LogP contribution in [0.1, 0.15) is 11.1 Å². The van der Waals surface area contributed by atoms with Crippen molar-refractivity contribution in [2.24, 2.45) is 15.9 Å². The van der Waals surface area contributed by atoms with Crippen molar-refractivity contribution in [1.82, 2.24) is 4.90 Å². The number of amidine groups is 1. The number of alkyl halides is 3. The maximum absolute atomic E-state index is 12.8. The molecule has 2 aromatic rings. The molecule has 2 N–H and O–H groups in total. The normalized spacial score (nSPS) is 16.6. The van der Waals surface area contributed by atoms with E-state index in [0.717, 1.165) is 17.7 Å². The lowest BCUT2D eigenvalue weighted by atomic mass is 10.1. The van der Waals surface area contributed by atoms with Crippen LogP contribution in [0, 0.1) is 0 Å². The molecule has 0 radical (unpaired) electrons. The minimum absolute atomic E-state index is 0.359. The molecule has 0 atom stereocenters. The van der Waals surface area contributed by atoms with Gasteiger partial charge in [0.2, 0.25) is 0 Å². The Morgan fingerprint density at radius 1 is 1.00 bits per heavy atom. The van der Waals surface area contributed by atoms with Crippen molar-refractivity contribution in [1.29, 1.82) is 0 Å². The Balaban J connectivity index is 1.66. The average Bonchev–Trinajstić information content (AvgIpc) is 3.15. The fourth-order valence-electron chi connectivity index (χ4n) is 3.11. The highest BCUT2D eigenvalue weighted by Crippen LogP contribution is 2.32. The summed E-state index contributed by atoms with van der Waals surface area (Å²) >= 11 is 0. The van der Waals surface area contributed by atoms with Crippen LogP contribution >= 0.6 is 0 Å². The molecule has 0 saturated heterocycles. The molecule has 0 fully saturated rings. The van der Waals surface area contributed by atoms with E-state index in [2.05, 4.69) is 10.2 Å². The van der Waals surface area contributed by atoms with E-state index in [9.17, 15) is 13.2 Å². The third kappa shape index (κ3) is 3.25. The lowest BCUT2D eigenvalue weighted by molar-refractivity contribution is -0.137. The second-order valence-corrected chi connectivity index (χ2v) is 6.26. The van der Waals surface area contributed by atoms with Gasteiger partial charge in [-0.1, -0.05) is 30.3 Å². The van der Waals surface area contributed by atoms with Crippen LogP contribution in [0.15, 0.2) is 76.2 Å². The molecule has 0 spiro atoms. The standard InChI is InChI=1S/C19H16F3N5/c20-19(21,22)14-6-8-15(9-7-14)27-12-26(11-13-4-2-1-3-5-13)18-16(17(27)23)10-24-25-18/h1-10H,11-12,23H2. The van der Waals surface area contributed by atoms with Gasteiger partial charge in [-0.2, -0.15) is 18.3 Å². The van der Waals surface area contributed by atoms with E-state index < -0.39 is 11.7 Å². The lowest BCUT2D eigenvalue weighted by Gasteiger charge is -2.38. The summed E-state index contributed by atoms with van der Waals surface area (Å²) in [5.41, 5.74) is 7.89. The van der Waals surface area contributed by atoms with E-state index in [1.807, 2.05) is 35.2 Å². The maximum atomic E-state index is 12.8. The molecule has 4 rings (SSSR count). The molecule has 5 nitrogen and oxygen atoms in total. The van der Waals surface area contributed by atoms with E-state index >= 15 is 0 Å². The smallest absolute Gasteiger partial charge is 0.384 e. The summed E-state index contributed by atoms with van der Waals surface area (Å²) in [4.78, 5) is 3.75. The van der Waals surface area contributed by atoms with E-state index in [1.54, 1.807) is 11.1 Å². The SMILES string of the molecule is NC1=C2C=NN=C2N(Cc2ccccc2)CN1c1ccc(C(F)(F)F)cc1. The number of nitrogens with zero attached hydrogens (tertiary/aromatic N) is 4. The summed E-state index contributed by atoms with van der Waals surface area (Å²) in [6.45, 7) is 0.939.